The van der Waals surface area contributed by atoms with Crippen LogP contribution in [0.15, 0.2) is 30.3 Å². The Labute approximate surface area is 112 Å². The Kier molecular flexibility index (Phi) is 4.25. The molecule has 1 amide bonds. The number of aliphatic hydroxyl groups is 1. The van der Waals surface area contributed by atoms with Crippen LogP contribution in [0.4, 0.5) is 0 Å². The van der Waals surface area contributed by atoms with Gasteiger partial charge in [-0.25, -0.2) is 0 Å². The molecule has 0 aromatic heterocycles. The molecule has 98 valence electrons. The number of aliphatic hydroxyl groups excluding tert-OH is 1. The van der Waals surface area contributed by atoms with Gasteiger partial charge in [-0.1, -0.05) is 37.3 Å². The first-order valence-corrected chi connectivity index (χ1v) is 6.69. The molecule has 0 saturated carbocycles. The number of carbonyl (C=O) groups is 1. The quantitative estimate of drug-likeness (QED) is 0.835. The van der Waals surface area contributed by atoms with E-state index in [0.717, 1.165) is 5.56 Å². The molecule has 0 aliphatic carbocycles. The third-order valence-corrected chi connectivity index (χ3v) is 3.92. The number of amides is 1. The van der Waals surface area contributed by atoms with Crippen molar-refractivity contribution in [3.8, 4) is 0 Å². The lowest BCUT2D eigenvalue weighted by atomic mass is 9.96. The van der Waals surface area contributed by atoms with Crippen LogP contribution in [0.1, 0.15) is 24.3 Å². The predicted molar refractivity (Wildman–Crippen MR) is 71.4 cm³/mol. The molecule has 1 saturated heterocycles. The first-order valence-electron chi connectivity index (χ1n) is 6.25. The first-order chi connectivity index (χ1) is 8.59. The predicted octanol–water partition coefficient (Wildman–Crippen LogP) is 2.20. The number of hydrogen-bond donors (Lipinski definition) is 1. The summed E-state index contributed by atoms with van der Waals surface area (Å²) in [4.78, 5) is 14.0. The second kappa shape index (κ2) is 5.72. The highest BCUT2D eigenvalue weighted by molar-refractivity contribution is 6.30. The van der Waals surface area contributed by atoms with Crippen LogP contribution in [0, 0.1) is 5.92 Å². The van der Waals surface area contributed by atoms with Crippen LogP contribution in [-0.4, -0.2) is 35.1 Å². The second-order valence-corrected chi connectivity index (χ2v) is 5.33. The smallest absolute Gasteiger partial charge is 0.245 e. The van der Waals surface area contributed by atoms with Gasteiger partial charge in [-0.2, -0.15) is 0 Å². The van der Waals surface area contributed by atoms with Crippen LogP contribution in [0.5, 0.6) is 0 Å². The SMILES string of the molecule is CC1CN(C(=O)C(Cl)c2ccccc2)CCC1O. The van der Waals surface area contributed by atoms with E-state index in [0.29, 0.717) is 19.5 Å². The van der Waals surface area contributed by atoms with Crippen LogP contribution in [-0.2, 0) is 4.79 Å². The molecule has 1 aliphatic heterocycles. The van der Waals surface area contributed by atoms with E-state index >= 15 is 0 Å². The summed E-state index contributed by atoms with van der Waals surface area (Å²) in [6.07, 6.45) is 0.324. The standard InChI is InChI=1S/C14H18ClNO2/c1-10-9-16(8-7-12(10)17)14(18)13(15)11-5-3-2-4-6-11/h2-6,10,12-13,17H,7-9H2,1H3. The van der Waals surface area contributed by atoms with Gasteiger partial charge in [-0.15, -0.1) is 11.6 Å². The summed E-state index contributed by atoms with van der Waals surface area (Å²) in [5.74, 6) is 0.0453. The highest BCUT2D eigenvalue weighted by Gasteiger charge is 2.30. The number of piperidine rings is 1. The Hall–Kier alpha value is -1.06. The highest BCUT2D eigenvalue weighted by atomic mass is 35.5. The molecule has 3 atom stereocenters. The van der Waals surface area contributed by atoms with Crippen molar-refractivity contribution in [1.29, 1.82) is 0 Å². The van der Waals surface area contributed by atoms with E-state index in [1.807, 2.05) is 37.3 Å². The number of alkyl halides is 1. The number of rotatable bonds is 2. The zero-order valence-electron chi connectivity index (χ0n) is 10.4. The van der Waals surface area contributed by atoms with Gasteiger partial charge in [0.2, 0.25) is 5.91 Å². The van der Waals surface area contributed by atoms with Crippen LogP contribution >= 0.6 is 11.6 Å². The molecule has 3 unspecified atom stereocenters. The average molecular weight is 268 g/mol. The number of benzene rings is 1. The van der Waals surface area contributed by atoms with Gasteiger partial charge in [0.15, 0.2) is 0 Å². The lowest BCUT2D eigenvalue weighted by molar-refractivity contribution is -0.134. The third kappa shape index (κ3) is 2.85. The van der Waals surface area contributed by atoms with Gasteiger partial charge in [0.05, 0.1) is 6.10 Å². The number of halogens is 1. The molecule has 0 spiro atoms. The Morgan fingerprint density at radius 3 is 2.72 bits per heavy atom. The largest absolute Gasteiger partial charge is 0.393 e. The van der Waals surface area contributed by atoms with Gasteiger partial charge in [-0.05, 0) is 17.9 Å². The summed E-state index contributed by atoms with van der Waals surface area (Å²) < 4.78 is 0. The van der Waals surface area contributed by atoms with E-state index in [9.17, 15) is 9.90 Å². The van der Waals surface area contributed by atoms with Crippen molar-refractivity contribution in [2.45, 2.75) is 24.8 Å². The molecule has 1 aromatic carbocycles. The van der Waals surface area contributed by atoms with Crippen LogP contribution in [0.2, 0.25) is 0 Å². The van der Waals surface area contributed by atoms with E-state index in [-0.39, 0.29) is 17.9 Å². The zero-order valence-corrected chi connectivity index (χ0v) is 11.2. The molecule has 1 aromatic rings. The van der Waals surface area contributed by atoms with Crippen molar-refractivity contribution in [3.05, 3.63) is 35.9 Å². The van der Waals surface area contributed by atoms with Gasteiger partial charge in [0.25, 0.3) is 0 Å². The molecule has 1 fully saturated rings. The van der Waals surface area contributed by atoms with Crippen molar-refractivity contribution in [2.24, 2.45) is 5.92 Å². The van der Waals surface area contributed by atoms with Gasteiger partial charge in [-0.3, -0.25) is 4.79 Å². The Bertz CT molecular complexity index is 410. The fourth-order valence-corrected chi connectivity index (χ4v) is 2.54. The minimum absolute atomic E-state index is 0.0679. The molecule has 18 heavy (non-hydrogen) atoms. The summed E-state index contributed by atoms with van der Waals surface area (Å²) in [7, 11) is 0. The monoisotopic (exact) mass is 267 g/mol. The highest BCUT2D eigenvalue weighted by Crippen LogP contribution is 2.26. The van der Waals surface area contributed by atoms with Gasteiger partial charge in [0.1, 0.15) is 5.38 Å². The van der Waals surface area contributed by atoms with Crippen molar-refractivity contribution >= 4 is 17.5 Å². The number of likely N-dealkylation sites (tertiary alicyclic amines) is 1. The molecule has 1 aliphatic rings. The minimum Gasteiger partial charge on any atom is -0.393 e. The summed E-state index contributed by atoms with van der Waals surface area (Å²) in [5, 5.41) is 9.03. The molecule has 1 N–H and O–H groups in total. The molecule has 0 bridgehead atoms. The maximum Gasteiger partial charge on any atom is 0.245 e. The van der Waals surface area contributed by atoms with E-state index in [4.69, 9.17) is 11.6 Å². The summed E-state index contributed by atoms with van der Waals surface area (Å²) >= 11 is 6.22. The molecular weight excluding hydrogens is 250 g/mol. The molecule has 3 nitrogen and oxygen atoms in total. The van der Waals surface area contributed by atoms with E-state index in [1.165, 1.54) is 0 Å². The number of carbonyl (C=O) groups excluding carboxylic acids is 1. The van der Waals surface area contributed by atoms with Gasteiger partial charge >= 0.3 is 0 Å². The van der Waals surface area contributed by atoms with Crippen molar-refractivity contribution < 1.29 is 9.90 Å². The topological polar surface area (TPSA) is 40.5 Å². The van der Waals surface area contributed by atoms with Crippen LogP contribution < -0.4 is 0 Å². The van der Waals surface area contributed by atoms with E-state index in [1.54, 1.807) is 4.90 Å². The van der Waals surface area contributed by atoms with E-state index < -0.39 is 5.38 Å². The third-order valence-electron chi connectivity index (χ3n) is 3.48. The van der Waals surface area contributed by atoms with Crippen molar-refractivity contribution in [2.75, 3.05) is 13.1 Å². The first kappa shape index (κ1) is 13.4. The normalized spacial score (nSPS) is 25.8. The summed E-state index contributed by atoms with van der Waals surface area (Å²) in [6, 6.07) is 9.37. The van der Waals surface area contributed by atoms with Gasteiger partial charge < -0.3 is 10.0 Å². The van der Waals surface area contributed by atoms with Gasteiger partial charge in [0, 0.05) is 13.1 Å². The maximum atomic E-state index is 12.3. The second-order valence-electron chi connectivity index (χ2n) is 4.89. The Morgan fingerprint density at radius 1 is 1.44 bits per heavy atom. The fourth-order valence-electron chi connectivity index (χ4n) is 2.26. The zero-order chi connectivity index (χ0) is 13.1. The maximum absolute atomic E-state index is 12.3. The summed E-state index contributed by atoms with van der Waals surface area (Å²) in [6.45, 7) is 3.12. The van der Waals surface area contributed by atoms with Crippen molar-refractivity contribution in [1.82, 2.24) is 4.90 Å². The number of nitrogens with zero attached hydrogens (tertiary/aromatic N) is 1. The summed E-state index contributed by atoms with van der Waals surface area (Å²) in [5.41, 5.74) is 0.822. The van der Waals surface area contributed by atoms with Crippen LogP contribution in [0.25, 0.3) is 0 Å². The molecular formula is C14H18ClNO2. The Balaban J connectivity index is 2.03. The minimum atomic E-state index is -0.631. The average Bonchev–Trinajstić information content (AvgIpc) is 2.41. The Morgan fingerprint density at radius 2 is 2.11 bits per heavy atom. The molecule has 1 heterocycles. The van der Waals surface area contributed by atoms with Crippen LogP contribution in [0.3, 0.4) is 0 Å². The lowest BCUT2D eigenvalue weighted by Gasteiger charge is -2.35. The number of hydrogen-bond acceptors (Lipinski definition) is 2. The molecule has 4 heteroatoms. The fraction of sp³-hybridized carbons (Fsp3) is 0.500. The van der Waals surface area contributed by atoms with Crippen molar-refractivity contribution in [3.63, 3.8) is 0 Å². The molecule has 0 radical (unpaired) electrons. The lowest BCUT2D eigenvalue weighted by Crippen LogP contribution is -2.46. The van der Waals surface area contributed by atoms with E-state index in [2.05, 4.69) is 0 Å². The molecule has 2 rings (SSSR count).